The fourth-order valence-electron chi connectivity index (χ4n) is 4.29. The van der Waals surface area contributed by atoms with Gasteiger partial charge in [-0.2, -0.15) is 4.98 Å². The Hall–Kier alpha value is -2.70. The predicted molar refractivity (Wildman–Crippen MR) is 134 cm³/mol. The number of halogens is 1. The lowest BCUT2D eigenvalue weighted by Crippen LogP contribution is -2.41. The molecule has 4 rings (SSSR count). The van der Waals surface area contributed by atoms with E-state index in [4.69, 9.17) is 16.1 Å². The highest BCUT2D eigenvalue weighted by atomic mass is 35.5. The summed E-state index contributed by atoms with van der Waals surface area (Å²) in [5.74, 6) is 1.27. The van der Waals surface area contributed by atoms with E-state index < -0.39 is 0 Å². The molecule has 1 unspecified atom stereocenters. The summed E-state index contributed by atoms with van der Waals surface area (Å²) in [7, 11) is 0. The maximum atomic E-state index is 12.9. The molecular formula is C27H33ClN4O2. The van der Waals surface area contributed by atoms with Crippen molar-refractivity contribution in [1.82, 2.24) is 20.4 Å². The molecule has 2 aromatic carbocycles. The Balaban J connectivity index is 1.26. The maximum Gasteiger partial charge on any atom is 0.241 e. The molecule has 1 aromatic heterocycles. The Labute approximate surface area is 206 Å². The second kappa shape index (κ2) is 10.3. The van der Waals surface area contributed by atoms with Crippen LogP contribution in [0.15, 0.2) is 53.1 Å². The van der Waals surface area contributed by atoms with E-state index in [-0.39, 0.29) is 23.3 Å². The van der Waals surface area contributed by atoms with E-state index in [1.807, 2.05) is 31.2 Å². The molecule has 34 heavy (non-hydrogen) atoms. The number of benzene rings is 2. The number of carbonyl (C=O) groups is 1. The fraction of sp³-hybridized carbons (Fsp3) is 0.444. The van der Waals surface area contributed by atoms with Crippen LogP contribution < -0.4 is 5.32 Å². The summed E-state index contributed by atoms with van der Waals surface area (Å²) in [5.41, 5.74) is 3.38. The third-order valence-corrected chi connectivity index (χ3v) is 6.74. The molecule has 7 heteroatoms. The highest BCUT2D eigenvalue weighted by Crippen LogP contribution is 2.25. The van der Waals surface area contributed by atoms with Gasteiger partial charge in [0, 0.05) is 16.5 Å². The van der Waals surface area contributed by atoms with Crippen LogP contribution in [0.5, 0.6) is 0 Å². The van der Waals surface area contributed by atoms with Crippen molar-refractivity contribution in [3.63, 3.8) is 0 Å². The van der Waals surface area contributed by atoms with Gasteiger partial charge in [0.2, 0.25) is 17.6 Å². The van der Waals surface area contributed by atoms with Gasteiger partial charge in [-0.3, -0.25) is 9.69 Å². The molecule has 1 amide bonds. The molecule has 0 saturated carbocycles. The number of rotatable bonds is 6. The van der Waals surface area contributed by atoms with Gasteiger partial charge in [-0.05, 0) is 61.5 Å². The van der Waals surface area contributed by atoms with Crippen LogP contribution in [-0.4, -0.2) is 34.0 Å². The van der Waals surface area contributed by atoms with Crippen molar-refractivity contribution in [3.8, 4) is 11.4 Å². The lowest BCUT2D eigenvalue weighted by molar-refractivity contribution is -0.127. The van der Waals surface area contributed by atoms with Gasteiger partial charge < -0.3 is 9.84 Å². The quantitative estimate of drug-likeness (QED) is 0.484. The van der Waals surface area contributed by atoms with Gasteiger partial charge >= 0.3 is 0 Å². The molecule has 6 nitrogen and oxygen atoms in total. The summed E-state index contributed by atoms with van der Waals surface area (Å²) < 4.78 is 5.44. The van der Waals surface area contributed by atoms with Crippen LogP contribution in [-0.2, 0) is 16.8 Å². The number of hydrogen-bond donors (Lipinski definition) is 1. The van der Waals surface area contributed by atoms with Gasteiger partial charge in [0.05, 0.1) is 12.6 Å². The van der Waals surface area contributed by atoms with Crippen LogP contribution in [0.25, 0.3) is 11.4 Å². The first-order valence-corrected chi connectivity index (χ1v) is 12.3. The van der Waals surface area contributed by atoms with Crippen LogP contribution in [0.3, 0.4) is 0 Å². The van der Waals surface area contributed by atoms with Crippen molar-refractivity contribution in [2.75, 3.05) is 13.1 Å². The molecule has 0 radical (unpaired) electrons. The van der Waals surface area contributed by atoms with Crippen molar-refractivity contribution < 1.29 is 9.32 Å². The number of likely N-dealkylation sites (tertiary alicyclic amines) is 1. The number of aromatic nitrogens is 2. The summed E-state index contributed by atoms with van der Waals surface area (Å²) in [4.78, 5) is 19.6. The van der Waals surface area contributed by atoms with Gasteiger partial charge in [-0.1, -0.05) is 73.9 Å². The first kappa shape index (κ1) is 24.4. The van der Waals surface area contributed by atoms with Crippen molar-refractivity contribution in [2.45, 2.75) is 58.5 Å². The SMILES string of the molecule is CC(NC(=O)C1CCN(Cc2nc(-c3cccc(Cl)c3)no2)CC1)c1ccc(C(C)(C)C)cc1. The number of amides is 1. The zero-order valence-corrected chi connectivity index (χ0v) is 21.1. The van der Waals surface area contributed by atoms with Gasteiger partial charge in [-0.15, -0.1) is 0 Å². The lowest BCUT2D eigenvalue weighted by Gasteiger charge is -2.31. The Morgan fingerprint density at radius 3 is 2.53 bits per heavy atom. The van der Waals surface area contributed by atoms with E-state index in [9.17, 15) is 4.79 Å². The van der Waals surface area contributed by atoms with Gasteiger partial charge in [0.15, 0.2) is 0 Å². The second-order valence-electron chi connectivity index (χ2n) is 10.2. The highest BCUT2D eigenvalue weighted by Gasteiger charge is 2.27. The average Bonchev–Trinajstić information content (AvgIpc) is 3.27. The van der Waals surface area contributed by atoms with E-state index in [0.717, 1.165) is 37.1 Å². The van der Waals surface area contributed by atoms with Crippen LogP contribution >= 0.6 is 11.6 Å². The van der Waals surface area contributed by atoms with E-state index in [2.05, 4.69) is 65.4 Å². The van der Waals surface area contributed by atoms with Crippen molar-refractivity contribution in [3.05, 3.63) is 70.6 Å². The van der Waals surface area contributed by atoms with Crippen LogP contribution in [0, 0.1) is 5.92 Å². The zero-order chi connectivity index (χ0) is 24.3. The van der Waals surface area contributed by atoms with Crippen LogP contribution in [0.2, 0.25) is 5.02 Å². The third-order valence-electron chi connectivity index (χ3n) is 6.50. The monoisotopic (exact) mass is 480 g/mol. The molecule has 1 N–H and O–H groups in total. The first-order chi connectivity index (χ1) is 16.2. The summed E-state index contributed by atoms with van der Waals surface area (Å²) in [6, 6.07) is 16.0. The molecule has 1 fully saturated rings. The molecule has 3 aromatic rings. The third kappa shape index (κ3) is 6.05. The van der Waals surface area contributed by atoms with E-state index in [0.29, 0.717) is 23.3 Å². The molecule has 1 saturated heterocycles. The fourth-order valence-corrected chi connectivity index (χ4v) is 4.49. The van der Waals surface area contributed by atoms with Gasteiger partial charge in [0.1, 0.15) is 0 Å². The van der Waals surface area contributed by atoms with E-state index >= 15 is 0 Å². The number of carbonyl (C=O) groups excluding carboxylic acids is 1. The Bertz CT molecular complexity index is 1110. The van der Waals surface area contributed by atoms with E-state index in [1.165, 1.54) is 5.56 Å². The molecule has 2 heterocycles. The van der Waals surface area contributed by atoms with E-state index in [1.54, 1.807) is 0 Å². The molecule has 0 aliphatic carbocycles. The Morgan fingerprint density at radius 1 is 1.18 bits per heavy atom. The summed E-state index contributed by atoms with van der Waals surface area (Å²) >= 11 is 6.06. The number of piperidine rings is 1. The minimum Gasteiger partial charge on any atom is -0.349 e. The standard InChI is InChI=1S/C27H33ClN4O2/c1-18(19-8-10-22(11-9-19)27(2,3)4)29-26(33)20-12-14-32(15-13-20)17-24-30-25(31-34-24)21-6-5-7-23(28)16-21/h5-11,16,18,20H,12-15,17H2,1-4H3,(H,29,33). The van der Waals surface area contributed by atoms with Gasteiger partial charge in [-0.25, -0.2) is 0 Å². The average molecular weight is 481 g/mol. The molecule has 1 aliphatic heterocycles. The molecule has 0 spiro atoms. The maximum absolute atomic E-state index is 12.9. The first-order valence-electron chi connectivity index (χ1n) is 11.9. The summed E-state index contributed by atoms with van der Waals surface area (Å²) in [5, 5.41) is 7.93. The molecule has 1 aliphatic rings. The second-order valence-corrected chi connectivity index (χ2v) is 10.6. The number of nitrogens with zero attached hydrogens (tertiary/aromatic N) is 3. The largest absolute Gasteiger partial charge is 0.349 e. The predicted octanol–water partition coefficient (Wildman–Crippen LogP) is 5.78. The number of hydrogen-bond acceptors (Lipinski definition) is 5. The van der Waals surface area contributed by atoms with Crippen molar-refractivity contribution >= 4 is 17.5 Å². The summed E-state index contributed by atoms with van der Waals surface area (Å²) in [6.45, 7) is 10.9. The molecule has 180 valence electrons. The summed E-state index contributed by atoms with van der Waals surface area (Å²) in [6.07, 6.45) is 1.63. The van der Waals surface area contributed by atoms with Crippen LogP contribution in [0.1, 0.15) is 63.6 Å². The topological polar surface area (TPSA) is 71.3 Å². The normalized spacial score (nSPS) is 16.4. The van der Waals surface area contributed by atoms with Gasteiger partial charge in [0.25, 0.3) is 0 Å². The lowest BCUT2D eigenvalue weighted by atomic mass is 9.86. The van der Waals surface area contributed by atoms with Crippen LogP contribution in [0.4, 0.5) is 0 Å². The zero-order valence-electron chi connectivity index (χ0n) is 20.3. The minimum atomic E-state index is -0.0112. The Morgan fingerprint density at radius 2 is 1.88 bits per heavy atom. The smallest absolute Gasteiger partial charge is 0.241 e. The van der Waals surface area contributed by atoms with Crippen molar-refractivity contribution in [2.24, 2.45) is 5.92 Å². The molecule has 1 atom stereocenters. The minimum absolute atomic E-state index is 0.0112. The number of nitrogens with one attached hydrogen (secondary N) is 1. The Kier molecular flexibility index (Phi) is 7.39. The van der Waals surface area contributed by atoms with Crippen molar-refractivity contribution in [1.29, 1.82) is 0 Å². The molecular weight excluding hydrogens is 448 g/mol. The molecule has 0 bridgehead atoms. The highest BCUT2D eigenvalue weighted by molar-refractivity contribution is 6.30.